The highest BCUT2D eigenvalue weighted by Gasteiger charge is 2.30. The third-order valence-electron chi connectivity index (χ3n) is 4.64. The van der Waals surface area contributed by atoms with Crippen LogP contribution in [0.2, 0.25) is 0 Å². The molecule has 3 rings (SSSR count). The summed E-state index contributed by atoms with van der Waals surface area (Å²) < 4.78 is 58.2. The molecule has 0 aliphatic rings. The molecule has 1 heterocycles. The van der Waals surface area contributed by atoms with Crippen molar-refractivity contribution in [2.45, 2.75) is 12.2 Å². The van der Waals surface area contributed by atoms with Crippen LogP contribution in [0, 0.1) is 5.82 Å². The van der Waals surface area contributed by atoms with E-state index in [1.54, 1.807) is 0 Å². The van der Waals surface area contributed by atoms with Crippen molar-refractivity contribution in [3.05, 3.63) is 81.9 Å². The SMILES string of the molecule is COCC(CO)NC(=O)c1cc(-c2ccc(C(F)(F)F)cc2)nn(-c2cccc(F)c2)c1=O. The molecule has 0 bridgehead atoms. The second-order valence-electron chi connectivity index (χ2n) is 7.02. The zero-order valence-corrected chi connectivity index (χ0v) is 17.3. The minimum absolute atomic E-state index is 0.00465. The van der Waals surface area contributed by atoms with Gasteiger partial charge in [0.15, 0.2) is 0 Å². The van der Waals surface area contributed by atoms with Gasteiger partial charge >= 0.3 is 6.18 Å². The van der Waals surface area contributed by atoms with E-state index in [9.17, 15) is 32.3 Å². The van der Waals surface area contributed by atoms with Crippen molar-refractivity contribution < 1.29 is 32.2 Å². The van der Waals surface area contributed by atoms with Crippen LogP contribution in [0.4, 0.5) is 17.6 Å². The molecule has 7 nitrogen and oxygen atoms in total. The average Bonchev–Trinajstić information content (AvgIpc) is 2.78. The fourth-order valence-electron chi connectivity index (χ4n) is 3.02. The Bertz CT molecular complexity index is 1190. The molecule has 3 aromatic rings. The maximum absolute atomic E-state index is 13.8. The van der Waals surface area contributed by atoms with Gasteiger partial charge in [0.25, 0.3) is 11.5 Å². The van der Waals surface area contributed by atoms with Crippen molar-refractivity contribution in [1.29, 1.82) is 0 Å². The summed E-state index contributed by atoms with van der Waals surface area (Å²) in [5.74, 6) is -1.52. The molecule has 2 N–H and O–H groups in total. The highest BCUT2D eigenvalue weighted by atomic mass is 19.4. The summed E-state index contributed by atoms with van der Waals surface area (Å²) >= 11 is 0. The molecule has 0 spiro atoms. The van der Waals surface area contributed by atoms with Gasteiger partial charge in [-0.15, -0.1) is 0 Å². The average molecular weight is 465 g/mol. The molecule has 33 heavy (non-hydrogen) atoms. The first-order valence-corrected chi connectivity index (χ1v) is 9.62. The van der Waals surface area contributed by atoms with Gasteiger partial charge in [0.2, 0.25) is 0 Å². The Balaban J connectivity index is 2.14. The number of halogens is 4. The van der Waals surface area contributed by atoms with Crippen molar-refractivity contribution in [2.75, 3.05) is 20.3 Å². The van der Waals surface area contributed by atoms with E-state index in [-0.39, 0.29) is 23.6 Å². The van der Waals surface area contributed by atoms with Crippen molar-refractivity contribution in [1.82, 2.24) is 15.1 Å². The molecule has 0 aliphatic carbocycles. The fourth-order valence-corrected chi connectivity index (χ4v) is 3.02. The molecule has 0 saturated heterocycles. The minimum atomic E-state index is -4.54. The fraction of sp³-hybridized carbons (Fsp3) is 0.227. The van der Waals surface area contributed by atoms with Gasteiger partial charge in [-0.2, -0.15) is 23.0 Å². The summed E-state index contributed by atoms with van der Waals surface area (Å²) in [6.07, 6.45) is -4.54. The van der Waals surface area contributed by atoms with Gasteiger partial charge in [0.1, 0.15) is 11.4 Å². The number of aliphatic hydroxyl groups is 1. The van der Waals surface area contributed by atoms with E-state index in [1.165, 1.54) is 19.2 Å². The number of carbonyl (C=O) groups excluding carboxylic acids is 1. The van der Waals surface area contributed by atoms with E-state index in [0.717, 1.165) is 47.1 Å². The number of hydrogen-bond acceptors (Lipinski definition) is 5. The van der Waals surface area contributed by atoms with Crippen molar-refractivity contribution in [3.8, 4) is 16.9 Å². The quantitative estimate of drug-likeness (QED) is 0.524. The Kier molecular flexibility index (Phi) is 7.24. The van der Waals surface area contributed by atoms with Crippen LogP contribution < -0.4 is 10.9 Å². The zero-order valence-electron chi connectivity index (χ0n) is 17.3. The number of hydrogen-bond donors (Lipinski definition) is 2. The minimum Gasteiger partial charge on any atom is -0.394 e. The van der Waals surface area contributed by atoms with Gasteiger partial charge < -0.3 is 15.2 Å². The van der Waals surface area contributed by atoms with E-state index in [1.807, 2.05) is 0 Å². The zero-order chi connectivity index (χ0) is 24.2. The lowest BCUT2D eigenvalue weighted by atomic mass is 10.1. The largest absolute Gasteiger partial charge is 0.416 e. The molecule has 0 aliphatic heterocycles. The number of aliphatic hydroxyl groups excluding tert-OH is 1. The van der Waals surface area contributed by atoms with Gasteiger partial charge in [-0.3, -0.25) is 9.59 Å². The number of nitrogens with zero attached hydrogens (tertiary/aromatic N) is 2. The van der Waals surface area contributed by atoms with Crippen LogP contribution in [0.5, 0.6) is 0 Å². The molecule has 174 valence electrons. The van der Waals surface area contributed by atoms with Gasteiger partial charge in [0, 0.05) is 12.7 Å². The maximum atomic E-state index is 13.8. The van der Waals surface area contributed by atoms with Crippen molar-refractivity contribution in [2.24, 2.45) is 0 Å². The smallest absolute Gasteiger partial charge is 0.394 e. The lowest BCUT2D eigenvalue weighted by Gasteiger charge is -2.16. The summed E-state index contributed by atoms with van der Waals surface area (Å²) in [6, 6.07) is 9.18. The first-order valence-electron chi connectivity index (χ1n) is 9.62. The van der Waals surface area contributed by atoms with E-state index >= 15 is 0 Å². The first kappa shape index (κ1) is 24.1. The Morgan fingerprint density at radius 2 is 1.88 bits per heavy atom. The number of carbonyl (C=O) groups is 1. The molecule has 11 heteroatoms. The third kappa shape index (κ3) is 5.62. The van der Waals surface area contributed by atoms with Crippen LogP contribution in [0.1, 0.15) is 15.9 Å². The summed E-state index contributed by atoms with van der Waals surface area (Å²) in [5.41, 5.74) is -1.96. The van der Waals surface area contributed by atoms with Gasteiger partial charge in [-0.1, -0.05) is 18.2 Å². The summed E-state index contributed by atoms with van der Waals surface area (Å²) in [4.78, 5) is 25.8. The third-order valence-corrected chi connectivity index (χ3v) is 4.64. The lowest BCUT2D eigenvalue weighted by Crippen LogP contribution is -2.43. The molecule has 0 saturated carbocycles. The first-order chi connectivity index (χ1) is 15.6. The van der Waals surface area contributed by atoms with Crippen LogP contribution in [-0.2, 0) is 10.9 Å². The molecule has 1 atom stereocenters. The van der Waals surface area contributed by atoms with Gasteiger partial charge in [0.05, 0.1) is 36.2 Å². The predicted octanol–water partition coefficient (Wildman–Crippen LogP) is 2.79. The Morgan fingerprint density at radius 3 is 2.45 bits per heavy atom. The number of aromatic nitrogens is 2. The summed E-state index contributed by atoms with van der Waals surface area (Å²) in [6.45, 7) is -0.494. The number of nitrogens with one attached hydrogen (secondary N) is 1. The van der Waals surface area contributed by atoms with E-state index in [2.05, 4.69) is 10.4 Å². The number of rotatable bonds is 7. The van der Waals surface area contributed by atoms with Crippen molar-refractivity contribution in [3.63, 3.8) is 0 Å². The lowest BCUT2D eigenvalue weighted by molar-refractivity contribution is -0.137. The number of benzene rings is 2. The van der Waals surface area contributed by atoms with E-state index in [4.69, 9.17) is 4.74 Å². The summed E-state index contributed by atoms with van der Waals surface area (Å²) in [7, 11) is 1.36. The number of alkyl halides is 3. The van der Waals surface area contributed by atoms with Crippen LogP contribution in [0.3, 0.4) is 0 Å². The van der Waals surface area contributed by atoms with Gasteiger partial charge in [-0.25, -0.2) is 4.39 Å². The highest BCUT2D eigenvalue weighted by molar-refractivity contribution is 5.95. The Morgan fingerprint density at radius 1 is 1.18 bits per heavy atom. The number of amides is 1. The molecule has 1 aromatic heterocycles. The normalized spacial score (nSPS) is 12.4. The van der Waals surface area contributed by atoms with Gasteiger partial charge in [-0.05, 0) is 36.4 Å². The molecule has 1 amide bonds. The predicted molar refractivity (Wildman–Crippen MR) is 110 cm³/mol. The highest BCUT2D eigenvalue weighted by Crippen LogP contribution is 2.30. The van der Waals surface area contributed by atoms with Crippen LogP contribution in [0.15, 0.2) is 59.4 Å². The molecule has 2 aromatic carbocycles. The van der Waals surface area contributed by atoms with Crippen LogP contribution >= 0.6 is 0 Å². The molecular formula is C22H19F4N3O4. The number of ether oxygens (including phenoxy) is 1. The monoisotopic (exact) mass is 465 g/mol. The summed E-state index contributed by atoms with van der Waals surface area (Å²) in [5, 5.41) is 16.0. The van der Waals surface area contributed by atoms with Crippen LogP contribution in [0.25, 0.3) is 16.9 Å². The molecule has 1 unspecified atom stereocenters. The van der Waals surface area contributed by atoms with E-state index in [0.29, 0.717) is 0 Å². The molecule has 0 fully saturated rings. The standard InChI is InChI=1S/C22H19F4N3O4/c1-33-12-16(11-30)27-20(31)18-10-19(13-5-7-14(8-6-13)22(24,25)26)28-29(21(18)32)17-4-2-3-15(23)9-17/h2-10,16,30H,11-12H2,1H3,(H,27,31). The topological polar surface area (TPSA) is 93.4 Å². The second kappa shape index (κ2) is 9.92. The molecule has 0 radical (unpaired) electrons. The Hall–Kier alpha value is -3.57. The molecular weight excluding hydrogens is 446 g/mol. The second-order valence-corrected chi connectivity index (χ2v) is 7.02. The van der Waals surface area contributed by atoms with Crippen LogP contribution in [-0.4, -0.2) is 47.2 Å². The number of methoxy groups -OCH3 is 1. The van der Waals surface area contributed by atoms with Crippen molar-refractivity contribution >= 4 is 5.91 Å². The van der Waals surface area contributed by atoms with E-state index < -0.39 is 47.2 Å². The Labute approximate surface area is 185 Å². The maximum Gasteiger partial charge on any atom is 0.416 e.